The maximum absolute atomic E-state index is 13.3. The number of hydrogen-bond acceptors (Lipinski definition) is 5. The minimum Gasteiger partial charge on any atom is -0.316 e. The van der Waals surface area contributed by atoms with E-state index < -0.39 is 11.2 Å². The molecule has 2 aromatic rings. The van der Waals surface area contributed by atoms with E-state index in [1.54, 1.807) is 18.0 Å². The molecule has 2 rings (SSSR count). The summed E-state index contributed by atoms with van der Waals surface area (Å²) in [7, 11) is 0. The predicted molar refractivity (Wildman–Crippen MR) is 95.4 cm³/mol. The molecule has 0 atom stereocenters. The van der Waals surface area contributed by atoms with Crippen molar-refractivity contribution in [3.05, 3.63) is 30.0 Å². The Morgan fingerprint density at radius 1 is 1.43 bits per heavy atom. The lowest BCUT2D eigenvalue weighted by Gasteiger charge is -2.22. The zero-order valence-electron chi connectivity index (χ0n) is 13.6. The maximum Gasteiger partial charge on any atom is 0.231 e. The van der Waals surface area contributed by atoms with Crippen LogP contribution in [0.3, 0.4) is 0 Å². The van der Waals surface area contributed by atoms with Gasteiger partial charge in [0.05, 0.1) is 17.3 Å². The SMILES string of the molecule is CCSCC(C)(C)C(=O)Nc1sc(-c2cncc(F)c2)nc1C. The van der Waals surface area contributed by atoms with E-state index in [0.29, 0.717) is 15.6 Å². The summed E-state index contributed by atoms with van der Waals surface area (Å²) >= 11 is 3.07. The minimum absolute atomic E-state index is 0.0332. The van der Waals surface area contributed by atoms with Crippen molar-refractivity contribution in [2.45, 2.75) is 27.7 Å². The second-order valence-electron chi connectivity index (χ2n) is 5.80. The van der Waals surface area contributed by atoms with Gasteiger partial charge in [-0.3, -0.25) is 9.78 Å². The molecule has 23 heavy (non-hydrogen) atoms. The quantitative estimate of drug-likeness (QED) is 0.838. The van der Waals surface area contributed by atoms with Crippen molar-refractivity contribution in [1.29, 1.82) is 0 Å². The fourth-order valence-corrected chi connectivity index (χ4v) is 3.65. The standard InChI is InChI=1S/C16H20FN3OS2/c1-5-22-9-16(3,4)15(21)20-13-10(2)19-14(23-13)11-6-12(17)8-18-7-11/h6-8H,5,9H2,1-4H3,(H,20,21). The van der Waals surface area contributed by atoms with Crippen molar-refractivity contribution in [1.82, 2.24) is 9.97 Å². The minimum atomic E-state index is -0.461. The van der Waals surface area contributed by atoms with Gasteiger partial charge in [-0.25, -0.2) is 9.37 Å². The van der Waals surface area contributed by atoms with Crippen LogP contribution in [0, 0.1) is 18.2 Å². The molecule has 0 saturated carbocycles. The fraction of sp³-hybridized carbons (Fsp3) is 0.438. The van der Waals surface area contributed by atoms with Crippen LogP contribution in [0.5, 0.6) is 0 Å². The number of carbonyl (C=O) groups is 1. The Balaban J connectivity index is 2.17. The Morgan fingerprint density at radius 3 is 2.83 bits per heavy atom. The Kier molecular flexibility index (Phi) is 5.75. The van der Waals surface area contributed by atoms with E-state index in [4.69, 9.17) is 0 Å². The van der Waals surface area contributed by atoms with Crippen LogP contribution in [0.15, 0.2) is 18.5 Å². The molecule has 0 aromatic carbocycles. The highest BCUT2D eigenvalue weighted by molar-refractivity contribution is 7.99. The van der Waals surface area contributed by atoms with Gasteiger partial charge in [-0.15, -0.1) is 0 Å². The first-order chi connectivity index (χ1) is 10.8. The predicted octanol–water partition coefficient (Wildman–Crippen LogP) is 4.37. The van der Waals surface area contributed by atoms with Crippen LogP contribution in [-0.4, -0.2) is 27.4 Å². The van der Waals surface area contributed by atoms with E-state index in [1.807, 2.05) is 20.8 Å². The Labute approximate surface area is 143 Å². The average molecular weight is 353 g/mol. The molecule has 0 radical (unpaired) electrons. The first-order valence-electron chi connectivity index (χ1n) is 7.31. The summed E-state index contributed by atoms with van der Waals surface area (Å²) in [4.78, 5) is 20.7. The number of rotatable bonds is 6. The lowest BCUT2D eigenvalue weighted by molar-refractivity contribution is -0.122. The number of anilines is 1. The van der Waals surface area contributed by atoms with Crippen LogP contribution < -0.4 is 5.32 Å². The maximum atomic E-state index is 13.3. The molecule has 1 amide bonds. The zero-order chi connectivity index (χ0) is 17.0. The van der Waals surface area contributed by atoms with Gasteiger partial charge in [-0.2, -0.15) is 11.8 Å². The number of hydrogen-bond donors (Lipinski definition) is 1. The molecule has 124 valence electrons. The fourth-order valence-electron chi connectivity index (χ4n) is 1.86. The molecule has 0 unspecified atom stereocenters. The Morgan fingerprint density at radius 2 is 2.17 bits per heavy atom. The number of nitrogens with one attached hydrogen (secondary N) is 1. The summed E-state index contributed by atoms with van der Waals surface area (Å²) < 4.78 is 13.3. The highest BCUT2D eigenvalue weighted by Gasteiger charge is 2.28. The molecule has 7 heteroatoms. The number of aryl methyl sites for hydroxylation is 1. The van der Waals surface area contributed by atoms with Gasteiger partial charge in [-0.05, 0) is 18.7 Å². The first kappa shape index (κ1) is 17.9. The molecule has 4 nitrogen and oxygen atoms in total. The van der Waals surface area contributed by atoms with Crippen molar-refractivity contribution < 1.29 is 9.18 Å². The van der Waals surface area contributed by atoms with Gasteiger partial charge in [-0.1, -0.05) is 32.1 Å². The Bertz CT molecular complexity index is 700. The van der Waals surface area contributed by atoms with Gasteiger partial charge in [0.1, 0.15) is 15.8 Å². The van der Waals surface area contributed by atoms with Crippen molar-refractivity contribution in [3.63, 3.8) is 0 Å². The van der Waals surface area contributed by atoms with Crippen LogP contribution in [-0.2, 0) is 4.79 Å². The highest BCUT2D eigenvalue weighted by Crippen LogP contribution is 2.33. The molecule has 0 spiro atoms. The van der Waals surface area contributed by atoms with Crippen LogP contribution in [0.25, 0.3) is 10.6 Å². The Hall–Kier alpha value is -1.47. The summed E-state index contributed by atoms with van der Waals surface area (Å²) in [6.45, 7) is 7.76. The molecule has 0 saturated heterocycles. The molecule has 1 N–H and O–H groups in total. The summed E-state index contributed by atoms with van der Waals surface area (Å²) in [6.07, 6.45) is 2.72. The van der Waals surface area contributed by atoms with Crippen molar-refractivity contribution >= 4 is 34.0 Å². The van der Waals surface area contributed by atoms with E-state index in [-0.39, 0.29) is 5.91 Å². The van der Waals surface area contributed by atoms with Crippen LogP contribution in [0.4, 0.5) is 9.39 Å². The van der Waals surface area contributed by atoms with Gasteiger partial charge < -0.3 is 5.32 Å². The normalized spacial score (nSPS) is 11.5. The molecule has 0 bridgehead atoms. The highest BCUT2D eigenvalue weighted by atomic mass is 32.2. The van der Waals surface area contributed by atoms with E-state index in [2.05, 4.69) is 22.2 Å². The molecule has 0 aliphatic carbocycles. The van der Waals surface area contributed by atoms with Crippen LogP contribution >= 0.6 is 23.1 Å². The van der Waals surface area contributed by atoms with Crippen molar-refractivity contribution in [2.24, 2.45) is 5.41 Å². The smallest absolute Gasteiger partial charge is 0.231 e. The van der Waals surface area contributed by atoms with Gasteiger partial charge >= 0.3 is 0 Å². The van der Waals surface area contributed by atoms with E-state index >= 15 is 0 Å². The molecule has 0 aliphatic heterocycles. The number of pyridine rings is 1. The van der Waals surface area contributed by atoms with Crippen LogP contribution in [0.2, 0.25) is 0 Å². The summed E-state index contributed by atoms with van der Waals surface area (Å²) in [6, 6.07) is 1.39. The van der Waals surface area contributed by atoms with Crippen molar-refractivity contribution in [3.8, 4) is 10.6 Å². The topological polar surface area (TPSA) is 54.9 Å². The molecule has 2 heterocycles. The molecule has 0 aliphatic rings. The summed E-state index contributed by atoms with van der Waals surface area (Å²) in [5.74, 6) is 1.30. The van der Waals surface area contributed by atoms with E-state index in [0.717, 1.165) is 23.4 Å². The number of amides is 1. The third-order valence-corrected chi connectivity index (χ3v) is 5.71. The van der Waals surface area contributed by atoms with Gasteiger partial charge in [0.15, 0.2) is 0 Å². The van der Waals surface area contributed by atoms with Gasteiger partial charge in [0.2, 0.25) is 5.91 Å². The molecular weight excluding hydrogens is 333 g/mol. The number of nitrogens with zero attached hydrogens (tertiary/aromatic N) is 2. The average Bonchev–Trinajstić information content (AvgIpc) is 2.86. The van der Waals surface area contributed by atoms with Crippen molar-refractivity contribution in [2.75, 3.05) is 16.8 Å². The largest absolute Gasteiger partial charge is 0.316 e. The van der Waals surface area contributed by atoms with Gasteiger partial charge in [0, 0.05) is 17.5 Å². The third-order valence-electron chi connectivity index (χ3n) is 3.26. The third kappa shape index (κ3) is 4.51. The second-order valence-corrected chi connectivity index (χ2v) is 8.07. The number of thioether (sulfide) groups is 1. The number of carbonyl (C=O) groups excluding carboxylic acids is 1. The zero-order valence-corrected chi connectivity index (χ0v) is 15.3. The van der Waals surface area contributed by atoms with E-state index in [1.165, 1.54) is 17.4 Å². The molecule has 2 aromatic heterocycles. The lowest BCUT2D eigenvalue weighted by atomic mass is 9.95. The number of thiazole rings is 1. The van der Waals surface area contributed by atoms with Gasteiger partial charge in [0.25, 0.3) is 0 Å². The van der Waals surface area contributed by atoms with Crippen LogP contribution in [0.1, 0.15) is 26.5 Å². The molecular formula is C16H20FN3OS2. The summed E-state index contributed by atoms with van der Waals surface area (Å²) in [5, 5.41) is 4.30. The second kappa shape index (κ2) is 7.40. The first-order valence-corrected chi connectivity index (χ1v) is 9.28. The van der Waals surface area contributed by atoms with E-state index in [9.17, 15) is 9.18 Å². The summed E-state index contributed by atoms with van der Waals surface area (Å²) in [5.41, 5.74) is 0.874. The lowest BCUT2D eigenvalue weighted by Crippen LogP contribution is -2.32. The number of halogens is 1. The monoisotopic (exact) mass is 353 g/mol. The molecule has 0 fully saturated rings. The number of aromatic nitrogens is 2.